The Morgan fingerprint density at radius 1 is 1.29 bits per heavy atom. The van der Waals surface area contributed by atoms with Crippen LogP contribution >= 0.6 is 0 Å². The summed E-state index contributed by atoms with van der Waals surface area (Å²) in [5.41, 5.74) is 0. The minimum atomic E-state index is -0.387. The van der Waals surface area contributed by atoms with Gasteiger partial charge in [-0.1, -0.05) is 0 Å². The molecule has 72 valence electrons. The van der Waals surface area contributed by atoms with E-state index in [2.05, 4.69) is 12.1 Å². The first kappa shape index (κ1) is 9.02. The summed E-state index contributed by atoms with van der Waals surface area (Å²) in [5, 5.41) is 17.9. The van der Waals surface area contributed by atoms with Crippen LogP contribution in [0.25, 0.3) is 0 Å². The van der Waals surface area contributed by atoms with Crippen LogP contribution in [-0.4, -0.2) is 23.9 Å². The maximum Gasteiger partial charge on any atom is 0.227 e. The van der Waals surface area contributed by atoms with Crippen LogP contribution < -0.4 is 0 Å². The highest BCUT2D eigenvalue weighted by molar-refractivity contribution is 5.81. The van der Waals surface area contributed by atoms with Crippen LogP contribution in [-0.2, 0) is 4.79 Å². The van der Waals surface area contributed by atoms with Crippen LogP contribution in [0, 0.1) is 40.4 Å². The molecule has 0 unspecified atom stereocenters. The predicted molar refractivity (Wildman–Crippen MR) is 47.5 cm³/mol. The monoisotopic (exact) mass is 189 g/mol. The number of nitrogens with zero attached hydrogens (tertiary/aromatic N) is 3. The highest BCUT2D eigenvalue weighted by Crippen LogP contribution is 2.42. The molecule has 4 atom stereocenters. The summed E-state index contributed by atoms with van der Waals surface area (Å²) in [4.78, 5) is 13.3. The molecule has 0 spiro atoms. The number of fused-ring (bicyclic) bond motifs is 3. The highest BCUT2D eigenvalue weighted by Gasteiger charge is 2.51. The van der Waals surface area contributed by atoms with E-state index in [1.807, 2.05) is 0 Å². The van der Waals surface area contributed by atoms with Crippen molar-refractivity contribution in [3.8, 4) is 12.1 Å². The van der Waals surface area contributed by atoms with Crippen LogP contribution in [0.3, 0.4) is 0 Å². The van der Waals surface area contributed by atoms with E-state index in [9.17, 15) is 4.79 Å². The van der Waals surface area contributed by atoms with Crippen molar-refractivity contribution in [1.82, 2.24) is 4.90 Å². The molecule has 3 fully saturated rings. The second-order valence-corrected chi connectivity index (χ2v) is 4.01. The number of hydrogen-bond acceptors (Lipinski definition) is 3. The number of carbonyl (C=O) groups is 1. The maximum absolute atomic E-state index is 11.7. The first-order valence-corrected chi connectivity index (χ1v) is 4.76. The van der Waals surface area contributed by atoms with Gasteiger partial charge in [0.05, 0.1) is 29.9 Å². The molecule has 1 aliphatic carbocycles. The van der Waals surface area contributed by atoms with Gasteiger partial charge in [0.2, 0.25) is 5.91 Å². The van der Waals surface area contributed by atoms with E-state index >= 15 is 0 Å². The Kier molecular flexibility index (Phi) is 1.93. The van der Waals surface area contributed by atoms with Gasteiger partial charge in [-0.3, -0.25) is 4.79 Å². The van der Waals surface area contributed by atoms with Crippen LogP contribution in [0.15, 0.2) is 0 Å². The summed E-state index contributed by atoms with van der Waals surface area (Å²) in [6.07, 6.45) is 1.63. The summed E-state index contributed by atoms with van der Waals surface area (Å²) < 4.78 is 0. The summed E-state index contributed by atoms with van der Waals surface area (Å²) in [6.45, 7) is 0. The van der Waals surface area contributed by atoms with Gasteiger partial charge in [0, 0.05) is 13.1 Å². The third-order valence-corrected chi connectivity index (χ3v) is 3.47. The molecule has 2 heterocycles. The first-order chi connectivity index (χ1) is 6.70. The molecular formula is C10H11N3O. The molecule has 4 heteroatoms. The Morgan fingerprint density at radius 2 is 1.93 bits per heavy atom. The molecule has 1 amide bonds. The molecule has 0 aromatic rings. The number of amides is 1. The fourth-order valence-corrected chi connectivity index (χ4v) is 2.67. The third kappa shape index (κ3) is 0.943. The molecular weight excluding hydrogens is 178 g/mol. The number of carbonyl (C=O) groups excluding carboxylic acids is 1. The third-order valence-electron chi connectivity index (χ3n) is 3.47. The summed E-state index contributed by atoms with van der Waals surface area (Å²) >= 11 is 0. The average molecular weight is 189 g/mol. The van der Waals surface area contributed by atoms with E-state index in [0.717, 1.165) is 12.8 Å². The zero-order chi connectivity index (χ0) is 10.3. The number of nitriles is 2. The van der Waals surface area contributed by atoms with E-state index < -0.39 is 0 Å². The van der Waals surface area contributed by atoms with E-state index in [1.54, 1.807) is 11.9 Å². The lowest BCUT2D eigenvalue weighted by atomic mass is 9.66. The fourth-order valence-electron chi connectivity index (χ4n) is 2.67. The van der Waals surface area contributed by atoms with Crippen molar-refractivity contribution in [2.45, 2.75) is 18.9 Å². The summed E-state index contributed by atoms with van der Waals surface area (Å²) in [5.74, 6) is -0.872. The summed E-state index contributed by atoms with van der Waals surface area (Å²) in [6, 6.07) is 4.25. The van der Waals surface area contributed by atoms with Crippen molar-refractivity contribution in [2.24, 2.45) is 17.8 Å². The van der Waals surface area contributed by atoms with Gasteiger partial charge in [-0.25, -0.2) is 0 Å². The molecule has 3 rings (SSSR count). The Labute approximate surface area is 82.7 Å². The van der Waals surface area contributed by atoms with E-state index in [0.29, 0.717) is 0 Å². The number of piperidine rings is 2. The Balaban J connectivity index is 2.38. The van der Waals surface area contributed by atoms with Crippen molar-refractivity contribution in [1.29, 1.82) is 10.5 Å². The maximum atomic E-state index is 11.7. The van der Waals surface area contributed by atoms with Crippen molar-refractivity contribution in [2.75, 3.05) is 7.05 Å². The SMILES string of the molecule is CN1C(=O)[C@@H]2CC[C@H]1[C@H](C#N)[C@H]2C#N. The second-order valence-electron chi connectivity index (χ2n) is 4.01. The van der Waals surface area contributed by atoms with Gasteiger partial charge in [-0.05, 0) is 12.8 Å². The minimum absolute atomic E-state index is 0.0397. The molecule has 0 radical (unpaired) electrons. The van der Waals surface area contributed by atoms with Gasteiger partial charge < -0.3 is 4.90 Å². The van der Waals surface area contributed by atoms with Crippen LogP contribution in [0.2, 0.25) is 0 Å². The lowest BCUT2D eigenvalue weighted by molar-refractivity contribution is -0.150. The molecule has 3 aliphatic rings. The van der Waals surface area contributed by atoms with E-state index in [-0.39, 0.29) is 29.7 Å². The lowest BCUT2D eigenvalue weighted by Gasteiger charge is -2.47. The average Bonchev–Trinajstić information content (AvgIpc) is 2.23. The zero-order valence-electron chi connectivity index (χ0n) is 7.97. The molecule has 14 heavy (non-hydrogen) atoms. The number of rotatable bonds is 0. The molecule has 0 aromatic heterocycles. The normalized spacial score (nSPS) is 40.5. The quantitative estimate of drug-likeness (QED) is 0.557. The van der Waals surface area contributed by atoms with Crippen LogP contribution in [0.5, 0.6) is 0 Å². The topological polar surface area (TPSA) is 67.9 Å². The molecule has 4 nitrogen and oxygen atoms in total. The van der Waals surface area contributed by atoms with Gasteiger partial charge in [0.25, 0.3) is 0 Å². The van der Waals surface area contributed by atoms with E-state index in [1.165, 1.54) is 0 Å². The van der Waals surface area contributed by atoms with E-state index in [4.69, 9.17) is 10.5 Å². The van der Waals surface area contributed by atoms with Crippen molar-refractivity contribution in [3.05, 3.63) is 0 Å². The Morgan fingerprint density at radius 3 is 2.50 bits per heavy atom. The fraction of sp³-hybridized carbons (Fsp3) is 0.700. The smallest absolute Gasteiger partial charge is 0.227 e. The number of hydrogen-bond donors (Lipinski definition) is 0. The second kappa shape index (κ2) is 2.99. The van der Waals surface area contributed by atoms with Crippen molar-refractivity contribution in [3.63, 3.8) is 0 Å². The predicted octanol–water partition coefficient (Wildman–Crippen LogP) is 0.517. The van der Waals surface area contributed by atoms with Gasteiger partial charge in [-0.2, -0.15) is 10.5 Å². The molecule has 2 bridgehead atoms. The van der Waals surface area contributed by atoms with Gasteiger partial charge in [-0.15, -0.1) is 0 Å². The molecule has 2 aliphatic heterocycles. The van der Waals surface area contributed by atoms with Gasteiger partial charge in [0.15, 0.2) is 0 Å². The Hall–Kier alpha value is -1.55. The molecule has 1 saturated carbocycles. The minimum Gasteiger partial charge on any atom is -0.341 e. The molecule has 2 saturated heterocycles. The zero-order valence-corrected chi connectivity index (χ0v) is 7.97. The van der Waals surface area contributed by atoms with Crippen LogP contribution in [0.1, 0.15) is 12.8 Å². The van der Waals surface area contributed by atoms with Gasteiger partial charge in [0.1, 0.15) is 0 Å². The van der Waals surface area contributed by atoms with Gasteiger partial charge >= 0.3 is 0 Å². The standard InChI is InChI=1S/C10H11N3O/c1-13-9-3-2-6(10(13)14)7(4-11)8(9)5-12/h6-9H,2-3H2,1H3/t6-,7+,8-,9+/m1/s1. The molecule has 0 aromatic carbocycles. The van der Waals surface area contributed by atoms with Crippen molar-refractivity contribution >= 4 is 5.91 Å². The Bertz CT molecular complexity index is 351. The summed E-state index contributed by atoms with van der Waals surface area (Å²) in [7, 11) is 1.73. The highest BCUT2D eigenvalue weighted by atomic mass is 16.2. The molecule has 0 N–H and O–H groups in total. The lowest BCUT2D eigenvalue weighted by Crippen LogP contribution is -2.58. The van der Waals surface area contributed by atoms with Crippen molar-refractivity contribution < 1.29 is 4.79 Å². The first-order valence-electron chi connectivity index (χ1n) is 4.76. The largest absolute Gasteiger partial charge is 0.341 e. The van der Waals surface area contributed by atoms with Crippen LogP contribution in [0.4, 0.5) is 0 Å².